The van der Waals surface area contributed by atoms with Crippen LogP contribution in [0.1, 0.15) is 0 Å². The normalized spacial score (nSPS) is 15.2. The quantitative estimate of drug-likeness (QED) is 0.485. The number of nitrogens with one attached hydrogen (secondary N) is 2. The Kier molecular flexibility index (Phi) is 10.3. The van der Waals surface area contributed by atoms with Crippen LogP contribution in [0.2, 0.25) is 0 Å². The monoisotopic (exact) mass is 464 g/mol. The first-order valence-corrected chi connectivity index (χ1v) is 9.04. The molecule has 138 valence electrons. The Bertz CT molecular complexity index is 656. The van der Waals surface area contributed by atoms with Crippen molar-refractivity contribution in [3.8, 4) is 0 Å². The molecule has 0 bridgehead atoms. The molecule has 1 saturated heterocycles. The summed E-state index contributed by atoms with van der Waals surface area (Å²) in [4.78, 5) is 12.3. The number of benzene rings is 1. The standard InChI is InChI=1S/C12H17BrN4O4S.2ClH/c13-11-9-10(1-2-12(11)17(18)19)22(20,21)15-5-8-16-6-3-14-4-7-16;;/h1-2,9,14-15H,3-8H2;2*1H. The van der Waals surface area contributed by atoms with Crippen LogP contribution in [0.5, 0.6) is 0 Å². The van der Waals surface area contributed by atoms with Crippen molar-refractivity contribution in [3.63, 3.8) is 0 Å². The summed E-state index contributed by atoms with van der Waals surface area (Å²) < 4.78 is 27.0. The number of rotatable bonds is 6. The Labute approximate surface area is 161 Å². The third kappa shape index (κ3) is 6.43. The van der Waals surface area contributed by atoms with Crippen LogP contribution in [0, 0.1) is 10.1 Å². The van der Waals surface area contributed by atoms with Gasteiger partial charge in [-0.2, -0.15) is 0 Å². The average Bonchev–Trinajstić information content (AvgIpc) is 2.47. The molecule has 0 atom stereocenters. The number of hydrogen-bond acceptors (Lipinski definition) is 6. The van der Waals surface area contributed by atoms with Crippen molar-refractivity contribution in [2.75, 3.05) is 39.3 Å². The van der Waals surface area contributed by atoms with Gasteiger partial charge >= 0.3 is 0 Å². The molecule has 24 heavy (non-hydrogen) atoms. The maximum Gasteiger partial charge on any atom is 0.283 e. The van der Waals surface area contributed by atoms with E-state index in [0.717, 1.165) is 26.2 Å². The molecule has 0 aromatic heterocycles. The molecule has 0 saturated carbocycles. The van der Waals surface area contributed by atoms with E-state index < -0.39 is 14.9 Å². The molecule has 1 aliphatic heterocycles. The second-order valence-electron chi connectivity index (χ2n) is 4.86. The predicted molar refractivity (Wildman–Crippen MR) is 99.8 cm³/mol. The van der Waals surface area contributed by atoms with E-state index in [1.807, 2.05) is 0 Å². The zero-order chi connectivity index (χ0) is 16.2. The van der Waals surface area contributed by atoms with Crippen molar-refractivity contribution in [2.24, 2.45) is 0 Å². The van der Waals surface area contributed by atoms with Crippen molar-refractivity contribution < 1.29 is 13.3 Å². The topological polar surface area (TPSA) is 105 Å². The van der Waals surface area contributed by atoms with E-state index in [0.29, 0.717) is 13.1 Å². The first kappa shape index (κ1) is 23.5. The lowest BCUT2D eigenvalue weighted by molar-refractivity contribution is -0.385. The van der Waals surface area contributed by atoms with E-state index in [-0.39, 0.29) is 39.9 Å². The Morgan fingerprint density at radius 3 is 2.46 bits per heavy atom. The van der Waals surface area contributed by atoms with Gasteiger partial charge in [-0.15, -0.1) is 24.8 Å². The molecular formula is C12H19BrCl2N4O4S. The lowest BCUT2D eigenvalue weighted by Crippen LogP contribution is -2.46. The molecule has 0 radical (unpaired) electrons. The van der Waals surface area contributed by atoms with Crippen LogP contribution in [-0.4, -0.2) is 57.5 Å². The number of halogens is 3. The summed E-state index contributed by atoms with van der Waals surface area (Å²) in [6, 6.07) is 3.65. The minimum Gasteiger partial charge on any atom is -0.314 e. The van der Waals surface area contributed by atoms with Gasteiger partial charge in [-0.1, -0.05) is 0 Å². The summed E-state index contributed by atoms with van der Waals surface area (Å²) in [5, 5.41) is 14.0. The van der Waals surface area contributed by atoms with Gasteiger partial charge in [0, 0.05) is 45.3 Å². The van der Waals surface area contributed by atoms with E-state index >= 15 is 0 Å². The molecule has 1 aromatic carbocycles. The highest BCUT2D eigenvalue weighted by Crippen LogP contribution is 2.27. The molecule has 2 N–H and O–H groups in total. The van der Waals surface area contributed by atoms with E-state index in [1.54, 1.807) is 0 Å². The highest BCUT2D eigenvalue weighted by atomic mass is 79.9. The molecule has 12 heteroatoms. The minimum atomic E-state index is -3.67. The van der Waals surface area contributed by atoms with Crippen LogP contribution < -0.4 is 10.0 Å². The summed E-state index contributed by atoms with van der Waals surface area (Å²) >= 11 is 3.02. The third-order valence-electron chi connectivity index (χ3n) is 3.36. The second kappa shape index (κ2) is 10.5. The first-order valence-electron chi connectivity index (χ1n) is 6.77. The van der Waals surface area contributed by atoms with Crippen LogP contribution in [-0.2, 0) is 10.0 Å². The number of nitrogens with zero attached hydrogens (tertiary/aromatic N) is 2. The Hall–Kier alpha value is -0.490. The van der Waals surface area contributed by atoms with Crippen LogP contribution in [0.3, 0.4) is 0 Å². The maximum atomic E-state index is 12.2. The second-order valence-corrected chi connectivity index (χ2v) is 7.48. The fraction of sp³-hybridized carbons (Fsp3) is 0.500. The van der Waals surface area contributed by atoms with Gasteiger partial charge in [0.05, 0.1) is 14.3 Å². The van der Waals surface area contributed by atoms with Crippen LogP contribution in [0.15, 0.2) is 27.6 Å². The van der Waals surface area contributed by atoms with Gasteiger partial charge in [0.1, 0.15) is 0 Å². The van der Waals surface area contributed by atoms with Gasteiger partial charge in [0.2, 0.25) is 10.0 Å². The summed E-state index contributed by atoms with van der Waals surface area (Å²) in [6.07, 6.45) is 0. The van der Waals surface area contributed by atoms with Crippen molar-refractivity contribution in [1.29, 1.82) is 0 Å². The Balaban J connectivity index is 0.00000264. The lowest BCUT2D eigenvalue weighted by Gasteiger charge is -2.27. The molecule has 1 aromatic rings. The molecule has 0 unspecified atom stereocenters. The molecule has 8 nitrogen and oxygen atoms in total. The average molecular weight is 466 g/mol. The molecule has 2 rings (SSSR count). The maximum absolute atomic E-state index is 12.2. The Morgan fingerprint density at radius 2 is 1.92 bits per heavy atom. The van der Waals surface area contributed by atoms with Gasteiger partial charge < -0.3 is 5.32 Å². The lowest BCUT2D eigenvalue weighted by atomic mass is 10.3. The fourth-order valence-corrected chi connectivity index (χ4v) is 3.88. The van der Waals surface area contributed by atoms with Crippen molar-refractivity contribution in [2.45, 2.75) is 4.90 Å². The van der Waals surface area contributed by atoms with Gasteiger partial charge in [0.15, 0.2) is 0 Å². The largest absolute Gasteiger partial charge is 0.314 e. The molecule has 1 fully saturated rings. The highest BCUT2D eigenvalue weighted by Gasteiger charge is 2.19. The van der Waals surface area contributed by atoms with Crippen LogP contribution >= 0.6 is 40.7 Å². The van der Waals surface area contributed by atoms with E-state index in [1.165, 1.54) is 18.2 Å². The molecule has 0 spiro atoms. The van der Waals surface area contributed by atoms with E-state index in [9.17, 15) is 18.5 Å². The third-order valence-corrected chi connectivity index (χ3v) is 5.45. The fourth-order valence-electron chi connectivity index (χ4n) is 2.16. The van der Waals surface area contributed by atoms with Crippen LogP contribution in [0.4, 0.5) is 5.69 Å². The number of nitro groups is 1. The molecular weight excluding hydrogens is 447 g/mol. The zero-order valence-electron chi connectivity index (χ0n) is 12.6. The summed E-state index contributed by atoms with van der Waals surface area (Å²) in [5.41, 5.74) is -0.167. The number of nitro benzene ring substituents is 1. The summed E-state index contributed by atoms with van der Waals surface area (Å²) in [5.74, 6) is 0. The van der Waals surface area contributed by atoms with Crippen molar-refractivity contribution in [3.05, 3.63) is 32.8 Å². The van der Waals surface area contributed by atoms with Crippen molar-refractivity contribution in [1.82, 2.24) is 14.9 Å². The predicted octanol–water partition coefficient (Wildman–Crippen LogP) is 1.38. The van der Waals surface area contributed by atoms with E-state index in [4.69, 9.17) is 0 Å². The molecule has 0 aliphatic carbocycles. The van der Waals surface area contributed by atoms with Crippen LogP contribution in [0.25, 0.3) is 0 Å². The Morgan fingerprint density at radius 1 is 1.29 bits per heavy atom. The van der Waals surface area contributed by atoms with Gasteiger partial charge in [-0.05, 0) is 28.1 Å². The number of piperazine rings is 1. The number of hydrogen-bond donors (Lipinski definition) is 2. The van der Waals surface area contributed by atoms with Gasteiger partial charge in [0.25, 0.3) is 5.69 Å². The molecule has 1 aliphatic rings. The highest BCUT2D eigenvalue weighted by molar-refractivity contribution is 9.10. The zero-order valence-corrected chi connectivity index (χ0v) is 16.6. The minimum absolute atomic E-state index is 0. The number of sulfonamides is 1. The van der Waals surface area contributed by atoms with E-state index in [2.05, 4.69) is 30.9 Å². The SMILES string of the molecule is Cl.Cl.O=[N+]([O-])c1ccc(S(=O)(=O)NCCN2CCNCC2)cc1Br. The summed E-state index contributed by atoms with van der Waals surface area (Å²) in [6.45, 7) is 4.53. The molecule has 0 amide bonds. The first-order chi connectivity index (χ1) is 10.4. The molecule has 1 heterocycles. The van der Waals surface area contributed by atoms with Crippen molar-refractivity contribution >= 4 is 56.5 Å². The smallest absolute Gasteiger partial charge is 0.283 e. The van der Waals surface area contributed by atoms with Gasteiger partial charge in [-0.25, -0.2) is 13.1 Å². The van der Waals surface area contributed by atoms with Gasteiger partial charge in [-0.3, -0.25) is 15.0 Å². The summed E-state index contributed by atoms with van der Waals surface area (Å²) in [7, 11) is -3.67.